The van der Waals surface area contributed by atoms with Crippen LogP contribution in [0, 0.1) is 13.8 Å². The molecule has 1 aliphatic carbocycles. The Labute approximate surface area is 159 Å². The zero-order valence-corrected chi connectivity index (χ0v) is 16.4. The standard InChI is InChI=1S/C19H25NO6S/c1-13-5-6-14(2)16(11-13)27(24,25)19(7-3-4-8-19)18(23)20-9-10-26-15(12-20)17(21)22/h5-6,11,15H,3-4,7-10,12H2,1-2H3,(H,21,22)/t15-/m0/s1. The molecule has 1 aromatic rings. The van der Waals surface area contributed by atoms with Crippen molar-refractivity contribution < 1.29 is 27.9 Å². The summed E-state index contributed by atoms with van der Waals surface area (Å²) in [4.78, 5) is 26.2. The highest BCUT2D eigenvalue weighted by atomic mass is 32.2. The fourth-order valence-electron chi connectivity index (χ4n) is 4.02. The normalized spacial score (nSPS) is 22.6. The Balaban J connectivity index is 2.02. The van der Waals surface area contributed by atoms with Crippen molar-refractivity contribution in [2.24, 2.45) is 0 Å². The molecule has 1 amide bonds. The van der Waals surface area contributed by atoms with Gasteiger partial charge in [-0.15, -0.1) is 0 Å². The summed E-state index contributed by atoms with van der Waals surface area (Å²) in [6.45, 7) is 3.71. The molecule has 1 N–H and O–H groups in total. The van der Waals surface area contributed by atoms with E-state index < -0.39 is 32.6 Å². The molecule has 0 spiro atoms. The number of aryl methyl sites for hydroxylation is 2. The van der Waals surface area contributed by atoms with Gasteiger partial charge in [-0.3, -0.25) is 4.79 Å². The number of sulfone groups is 1. The van der Waals surface area contributed by atoms with Crippen LogP contribution in [0.5, 0.6) is 0 Å². The van der Waals surface area contributed by atoms with Gasteiger partial charge in [-0.25, -0.2) is 13.2 Å². The summed E-state index contributed by atoms with van der Waals surface area (Å²) in [5.41, 5.74) is 1.43. The molecule has 2 aliphatic rings. The maximum absolute atomic E-state index is 13.6. The van der Waals surface area contributed by atoms with Gasteiger partial charge in [-0.2, -0.15) is 0 Å². The molecule has 1 aromatic carbocycles. The quantitative estimate of drug-likeness (QED) is 0.833. The minimum atomic E-state index is -3.92. The van der Waals surface area contributed by atoms with Crippen molar-refractivity contribution in [3.63, 3.8) is 0 Å². The molecule has 148 valence electrons. The smallest absolute Gasteiger partial charge is 0.334 e. The Bertz CT molecular complexity index is 857. The van der Waals surface area contributed by atoms with E-state index in [9.17, 15) is 23.1 Å². The Morgan fingerprint density at radius 2 is 1.89 bits per heavy atom. The lowest BCUT2D eigenvalue weighted by atomic mass is 10.0. The molecule has 1 saturated heterocycles. The first-order valence-electron chi connectivity index (χ1n) is 9.15. The number of carbonyl (C=O) groups is 2. The summed E-state index contributed by atoms with van der Waals surface area (Å²) in [7, 11) is -3.92. The lowest BCUT2D eigenvalue weighted by Crippen LogP contribution is -2.57. The summed E-state index contributed by atoms with van der Waals surface area (Å²) in [5, 5.41) is 9.19. The van der Waals surface area contributed by atoms with Crippen LogP contribution in [0.15, 0.2) is 23.1 Å². The lowest BCUT2D eigenvalue weighted by molar-refractivity contribution is -0.160. The third-order valence-electron chi connectivity index (χ3n) is 5.58. The fourth-order valence-corrected chi connectivity index (χ4v) is 6.46. The van der Waals surface area contributed by atoms with Crippen LogP contribution in [0.4, 0.5) is 0 Å². The lowest BCUT2D eigenvalue weighted by Gasteiger charge is -2.37. The molecular weight excluding hydrogens is 370 g/mol. The summed E-state index contributed by atoms with van der Waals surface area (Å²) < 4.78 is 30.9. The van der Waals surface area contributed by atoms with Crippen LogP contribution in [-0.4, -0.2) is 60.8 Å². The van der Waals surface area contributed by atoms with E-state index in [2.05, 4.69) is 0 Å². The number of amides is 1. The second-order valence-corrected chi connectivity index (χ2v) is 9.65. The molecular formula is C19H25NO6S. The van der Waals surface area contributed by atoms with Gasteiger partial charge in [0.15, 0.2) is 20.7 Å². The van der Waals surface area contributed by atoms with Gasteiger partial charge >= 0.3 is 5.97 Å². The largest absolute Gasteiger partial charge is 0.479 e. The molecule has 0 unspecified atom stereocenters. The minimum Gasteiger partial charge on any atom is -0.479 e. The van der Waals surface area contributed by atoms with Crippen molar-refractivity contribution in [3.05, 3.63) is 29.3 Å². The number of carbonyl (C=O) groups excluding carboxylic acids is 1. The third kappa shape index (κ3) is 3.36. The summed E-state index contributed by atoms with van der Waals surface area (Å²) in [6, 6.07) is 5.22. The molecule has 1 heterocycles. The number of aliphatic carboxylic acids is 1. The maximum atomic E-state index is 13.6. The molecule has 0 bridgehead atoms. The SMILES string of the molecule is Cc1ccc(C)c(S(=O)(=O)C2(C(=O)N3CCO[C@H](C(=O)O)C3)CCCC2)c1. The van der Waals surface area contributed by atoms with Crippen LogP contribution in [0.1, 0.15) is 36.8 Å². The van der Waals surface area contributed by atoms with Crippen molar-refractivity contribution in [2.45, 2.75) is 55.3 Å². The minimum absolute atomic E-state index is 0.0856. The predicted octanol–water partition coefficient (Wildman–Crippen LogP) is 1.70. The van der Waals surface area contributed by atoms with Crippen LogP contribution in [-0.2, 0) is 24.2 Å². The van der Waals surface area contributed by atoms with Gasteiger partial charge in [0.2, 0.25) is 5.91 Å². The van der Waals surface area contributed by atoms with Gasteiger partial charge in [0.05, 0.1) is 18.0 Å². The van der Waals surface area contributed by atoms with Gasteiger partial charge in [0.25, 0.3) is 0 Å². The second-order valence-electron chi connectivity index (χ2n) is 7.42. The Morgan fingerprint density at radius 1 is 1.22 bits per heavy atom. The highest BCUT2D eigenvalue weighted by Gasteiger charge is 2.55. The summed E-state index contributed by atoms with van der Waals surface area (Å²) in [5.74, 6) is -1.64. The Kier molecular flexibility index (Phi) is 5.31. The van der Waals surface area contributed by atoms with E-state index >= 15 is 0 Å². The number of nitrogens with zero attached hydrogens (tertiary/aromatic N) is 1. The third-order valence-corrected chi connectivity index (χ3v) is 8.21. The average Bonchev–Trinajstić information content (AvgIpc) is 3.14. The molecule has 1 saturated carbocycles. The molecule has 8 heteroatoms. The average molecular weight is 395 g/mol. The zero-order valence-electron chi connectivity index (χ0n) is 15.6. The van der Waals surface area contributed by atoms with E-state index in [1.54, 1.807) is 19.1 Å². The van der Waals surface area contributed by atoms with Crippen LogP contribution < -0.4 is 0 Å². The van der Waals surface area contributed by atoms with Gasteiger partial charge in [0, 0.05) is 6.54 Å². The van der Waals surface area contributed by atoms with E-state index in [-0.39, 0.29) is 37.4 Å². The topological polar surface area (TPSA) is 101 Å². The molecule has 27 heavy (non-hydrogen) atoms. The number of ether oxygens (including phenoxy) is 1. The molecule has 2 fully saturated rings. The van der Waals surface area contributed by atoms with Crippen LogP contribution >= 0.6 is 0 Å². The van der Waals surface area contributed by atoms with Gasteiger partial charge < -0.3 is 14.7 Å². The van der Waals surface area contributed by atoms with Gasteiger partial charge in [0.1, 0.15) is 0 Å². The van der Waals surface area contributed by atoms with Crippen LogP contribution in [0.3, 0.4) is 0 Å². The Morgan fingerprint density at radius 3 is 2.52 bits per heavy atom. The van der Waals surface area contributed by atoms with Crippen LogP contribution in [0.2, 0.25) is 0 Å². The maximum Gasteiger partial charge on any atom is 0.334 e. The number of hydrogen-bond acceptors (Lipinski definition) is 5. The Hall–Kier alpha value is -1.93. The first-order valence-corrected chi connectivity index (χ1v) is 10.6. The summed E-state index contributed by atoms with van der Waals surface area (Å²) >= 11 is 0. The van der Waals surface area contributed by atoms with Crippen molar-refractivity contribution in [2.75, 3.05) is 19.7 Å². The number of carboxylic acid groups (broad SMARTS) is 1. The van der Waals surface area contributed by atoms with Gasteiger partial charge in [-0.1, -0.05) is 25.0 Å². The van der Waals surface area contributed by atoms with Crippen molar-refractivity contribution in [1.82, 2.24) is 4.90 Å². The van der Waals surface area contributed by atoms with Gasteiger partial charge in [-0.05, 0) is 43.9 Å². The molecule has 7 nitrogen and oxygen atoms in total. The van der Waals surface area contributed by atoms with E-state index in [4.69, 9.17) is 4.74 Å². The van der Waals surface area contributed by atoms with Crippen molar-refractivity contribution in [3.8, 4) is 0 Å². The molecule has 1 aliphatic heterocycles. The number of rotatable bonds is 4. The van der Waals surface area contributed by atoms with E-state index in [1.165, 1.54) is 4.90 Å². The van der Waals surface area contributed by atoms with E-state index in [1.807, 2.05) is 13.0 Å². The fraction of sp³-hybridized carbons (Fsp3) is 0.579. The number of carboxylic acids is 1. The van der Waals surface area contributed by atoms with Crippen molar-refractivity contribution >= 4 is 21.7 Å². The van der Waals surface area contributed by atoms with Crippen LogP contribution in [0.25, 0.3) is 0 Å². The second kappa shape index (κ2) is 7.24. The predicted molar refractivity (Wildman–Crippen MR) is 98.3 cm³/mol. The molecule has 1 atom stereocenters. The highest BCUT2D eigenvalue weighted by molar-refractivity contribution is 7.93. The highest BCUT2D eigenvalue weighted by Crippen LogP contribution is 2.43. The number of morpholine rings is 1. The van der Waals surface area contributed by atoms with E-state index in [0.29, 0.717) is 18.4 Å². The molecule has 0 radical (unpaired) electrons. The first-order chi connectivity index (χ1) is 12.7. The number of hydrogen-bond donors (Lipinski definition) is 1. The molecule has 3 rings (SSSR count). The van der Waals surface area contributed by atoms with Crippen molar-refractivity contribution in [1.29, 1.82) is 0 Å². The monoisotopic (exact) mass is 395 g/mol. The zero-order chi connectivity index (χ0) is 19.8. The van der Waals surface area contributed by atoms with E-state index in [0.717, 1.165) is 5.56 Å². The molecule has 0 aromatic heterocycles. The summed E-state index contributed by atoms with van der Waals surface area (Å²) in [6.07, 6.45) is 0.711. The first kappa shape index (κ1) is 19.8. The number of benzene rings is 1.